The summed E-state index contributed by atoms with van der Waals surface area (Å²) in [5.41, 5.74) is 7.47. The Morgan fingerprint density at radius 1 is 1.09 bits per heavy atom. The van der Waals surface area contributed by atoms with Crippen molar-refractivity contribution in [3.05, 3.63) is 82.9 Å². The molecule has 1 aliphatic heterocycles. The number of hydrogen-bond acceptors (Lipinski definition) is 3. The van der Waals surface area contributed by atoms with Crippen LogP contribution in [0.4, 0.5) is 0 Å². The standard InChI is InChI=1S/C27H35N5S/c1-6-21-12-7-8-14-24(21)32-19(2)18-22(20(32)3)26-25(23-13-9-10-15-28-23)29-27(33)31(26)17-11-16-30(4)5/h7-10,12-15,18,25-26H,6,11,16-17H2,1-5H3,(H,29,33)/t25-,26+/m0/s1. The van der Waals surface area contributed by atoms with E-state index in [9.17, 15) is 0 Å². The first-order valence-corrected chi connectivity index (χ1v) is 12.2. The monoisotopic (exact) mass is 461 g/mol. The van der Waals surface area contributed by atoms with E-state index in [0.29, 0.717) is 0 Å². The van der Waals surface area contributed by atoms with Crippen molar-refractivity contribution < 1.29 is 0 Å². The number of pyridine rings is 1. The fraction of sp³-hybridized carbons (Fsp3) is 0.407. The average Bonchev–Trinajstić information content (AvgIpc) is 3.29. The zero-order chi connectivity index (χ0) is 23.5. The molecule has 3 aromatic rings. The highest BCUT2D eigenvalue weighted by Gasteiger charge is 2.41. The number of aryl methyl sites for hydroxylation is 2. The lowest BCUT2D eigenvalue weighted by atomic mass is 9.96. The van der Waals surface area contributed by atoms with E-state index in [-0.39, 0.29) is 12.1 Å². The Balaban J connectivity index is 1.79. The van der Waals surface area contributed by atoms with Crippen molar-refractivity contribution in [3.63, 3.8) is 0 Å². The van der Waals surface area contributed by atoms with Crippen molar-refractivity contribution in [1.82, 2.24) is 24.7 Å². The van der Waals surface area contributed by atoms with Crippen molar-refractivity contribution in [2.24, 2.45) is 0 Å². The van der Waals surface area contributed by atoms with E-state index in [1.807, 2.05) is 12.3 Å². The zero-order valence-corrected chi connectivity index (χ0v) is 21.2. The molecule has 2 atom stereocenters. The molecule has 0 aliphatic carbocycles. The molecule has 33 heavy (non-hydrogen) atoms. The average molecular weight is 462 g/mol. The Bertz CT molecular complexity index is 1100. The first-order valence-electron chi connectivity index (χ1n) is 11.8. The fourth-order valence-electron chi connectivity index (χ4n) is 5.03. The van der Waals surface area contributed by atoms with Gasteiger partial charge in [0.25, 0.3) is 0 Å². The first-order chi connectivity index (χ1) is 15.9. The quantitative estimate of drug-likeness (QED) is 0.479. The minimum Gasteiger partial charge on any atom is -0.352 e. The molecule has 1 aromatic carbocycles. The molecule has 2 aromatic heterocycles. The molecule has 0 amide bonds. The topological polar surface area (TPSA) is 36.3 Å². The maximum absolute atomic E-state index is 5.86. The summed E-state index contributed by atoms with van der Waals surface area (Å²) < 4.78 is 2.41. The van der Waals surface area contributed by atoms with Gasteiger partial charge in [-0.15, -0.1) is 0 Å². The van der Waals surface area contributed by atoms with Crippen LogP contribution in [-0.2, 0) is 6.42 Å². The highest BCUT2D eigenvalue weighted by molar-refractivity contribution is 7.80. The van der Waals surface area contributed by atoms with Crippen molar-refractivity contribution in [2.45, 2.75) is 45.7 Å². The van der Waals surface area contributed by atoms with Crippen molar-refractivity contribution in [1.29, 1.82) is 0 Å². The maximum atomic E-state index is 5.86. The summed E-state index contributed by atoms with van der Waals surface area (Å²) in [5.74, 6) is 0. The van der Waals surface area contributed by atoms with Crippen LogP contribution >= 0.6 is 12.2 Å². The second-order valence-corrected chi connectivity index (χ2v) is 9.51. The number of hydrogen-bond donors (Lipinski definition) is 1. The third-order valence-corrected chi connectivity index (χ3v) is 6.96. The summed E-state index contributed by atoms with van der Waals surface area (Å²) in [6, 6.07) is 17.3. The minimum absolute atomic E-state index is 0.0217. The Morgan fingerprint density at radius 3 is 2.55 bits per heavy atom. The van der Waals surface area contributed by atoms with Gasteiger partial charge in [0.2, 0.25) is 0 Å². The van der Waals surface area contributed by atoms with Crippen LogP contribution in [0.1, 0.15) is 53.6 Å². The predicted molar refractivity (Wildman–Crippen MR) is 140 cm³/mol. The van der Waals surface area contributed by atoms with Crippen LogP contribution in [-0.4, -0.2) is 51.6 Å². The Morgan fingerprint density at radius 2 is 1.85 bits per heavy atom. The SMILES string of the molecule is CCc1ccccc1-n1c(C)cc([C@@H]2[C@H](c3ccccn3)NC(=S)N2CCCN(C)C)c1C. The number of aromatic nitrogens is 2. The van der Waals surface area contributed by atoms with Crippen molar-refractivity contribution in [3.8, 4) is 5.69 Å². The number of nitrogens with one attached hydrogen (secondary N) is 1. The third-order valence-electron chi connectivity index (χ3n) is 6.60. The molecule has 0 radical (unpaired) electrons. The molecule has 4 rings (SSSR count). The molecule has 5 nitrogen and oxygen atoms in total. The Hall–Kier alpha value is -2.70. The highest BCUT2D eigenvalue weighted by Crippen LogP contribution is 2.41. The molecular formula is C27H35N5S. The summed E-state index contributed by atoms with van der Waals surface area (Å²) >= 11 is 5.86. The van der Waals surface area contributed by atoms with Gasteiger partial charge in [0.15, 0.2) is 5.11 Å². The van der Waals surface area contributed by atoms with E-state index in [0.717, 1.165) is 36.7 Å². The smallest absolute Gasteiger partial charge is 0.170 e. The van der Waals surface area contributed by atoms with Crippen LogP contribution in [0.15, 0.2) is 54.7 Å². The molecule has 0 spiro atoms. The third kappa shape index (κ3) is 4.68. The number of rotatable bonds is 8. The Labute approximate surface area is 203 Å². The first kappa shape index (κ1) is 23.5. The molecule has 3 heterocycles. The van der Waals surface area contributed by atoms with Gasteiger partial charge in [-0.25, -0.2) is 0 Å². The van der Waals surface area contributed by atoms with Crippen LogP contribution < -0.4 is 5.32 Å². The molecule has 0 unspecified atom stereocenters. The molecule has 174 valence electrons. The summed E-state index contributed by atoms with van der Waals surface area (Å²) in [4.78, 5) is 9.29. The van der Waals surface area contributed by atoms with Gasteiger partial charge >= 0.3 is 0 Å². The second kappa shape index (κ2) is 10.1. The lowest BCUT2D eigenvalue weighted by Gasteiger charge is -2.28. The van der Waals surface area contributed by atoms with Gasteiger partial charge in [-0.1, -0.05) is 31.2 Å². The maximum Gasteiger partial charge on any atom is 0.170 e. The molecule has 1 saturated heterocycles. The van der Waals surface area contributed by atoms with Gasteiger partial charge in [-0.05, 0) is 94.9 Å². The van der Waals surface area contributed by atoms with Gasteiger partial charge < -0.3 is 19.7 Å². The van der Waals surface area contributed by atoms with E-state index in [1.165, 1.54) is 28.2 Å². The minimum atomic E-state index is 0.0217. The van der Waals surface area contributed by atoms with E-state index < -0.39 is 0 Å². The van der Waals surface area contributed by atoms with Gasteiger partial charge in [-0.3, -0.25) is 4.98 Å². The molecular weight excluding hydrogens is 426 g/mol. The normalized spacial score (nSPS) is 18.2. The molecule has 1 aliphatic rings. The Kier molecular flexibility index (Phi) is 7.15. The predicted octanol–water partition coefficient (Wildman–Crippen LogP) is 4.98. The number of para-hydroxylation sites is 1. The zero-order valence-electron chi connectivity index (χ0n) is 20.4. The molecule has 0 saturated carbocycles. The number of thiocarbonyl (C=S) groups is 1. The van der Waals surface area contributed by atoms with Crippen LogP contribution in [0, 0.1) is 13.8 Å². The lowest BCUT2D eigenvalue weighted by molar-refractivity contribution is 0.292. The molecule has 1 fully saturated rings. The molecule has 1 N–H and O–H groups in total. The van der Waals surface area contributed by atoms with E-state index in [2.05, 4.69) is 97.0 Å². The van der Waals surface area contributed by atoms with Gasteiger partial charge in [0.1, 0.15) is 0 Å². The van der Waals surface area contributed by atoms with E-state index >= 15 is 0 Å². The van der Waals surface area contributed by atoms with Crippen LogP contribution in [0.25, 0.3) is 5.69 Å². The number of nitrogens with zero attached hydrogens (tertiary/aromatic N) is 4. The largest absolute Gasteiger partial charge is 0.352 e. The van der Waals surface area contributed by atoms with Gasteiger partial charge in [0.05, 0.1) is 17.8 Å². The lowest BCUT2D eigenvalue weighted by Crippen LogP contribution is -2.32. The van der Waals surface area contributed by atoms with Crippen molar-refractivity contribution in [2.75, 3.05) is 27.2 Å². The van der Waals surface area contributed by atoms with E-state index in [4.69, 9.17) is 17.2 Å². The summed E-state index contributed by atoms with van der Waals surface area (Å²) in [5, 5.41) is 4.41. The summed E-state index contributed by atoms with van der Waals surface area (Å²) in [7, 11) is 4.24. The molecule has 0 bridgehead atoms. The van der Waals surface area contributed by atoms with Crippen LogP contribution in [0.2, 0.25) is 0 Å². The highest BCUT2D eigenvalue weighted by atomic mass is 32.1. The summed E-state index contributed by atoms with van der Waals surface area (Å²) in [6.45, 7) is 8.60. The molecule has 6 heteroatoms. The fourth-order valence-corrected chi connectivity index (χ4v) is 5.36. The van der Waals surface area contributed by atoms with E-state index in [1.54, 1.807) is 0 Å². The second-order valence-electron chi connectivity index (χ2n) is 9.12. The van der Waals surface area contributed by atoms with Crippen molar-refractivity contribution >= 4 is 17.3 Å². The van der Waals surface area contributed by atoms with Crippen LogP contribution in [0.5, 0.6) is 0 Å². The number of benzene rings is 1. The summed E-state index contributed by atoms with van der Waals surface area (Å²) in [6.07, 6.45) is 3.93. The van der Waals surface area contributed by atoms with Gasteiger partial charge in [-0.2, -0.15) is 0 Å². The van der Waals surface area contributed by atoms with Crippen LogP contribution in [0.3, 0.4) is 0 Å². The van der Waals surface area contributed by atoms with Gasteiger partial charge in [0, 0.05) is 29.8 Å².